The second-order valence-electron chi connectivity index (χ2n) is 5.67. The third-order valence-electron chi connectivity index (χ3n) is 4.14. The summed E-state index contributed by atoms with van der Waals surface area (Å²) >= 11 is 1.47. The van der Waals surface area contributed by atoms with E-state index in [1.807, 2.05) is 16.8 Å². The molecule has 3 rings (SSSR count). The number of esters is 1. The zero-order valence-electron chi connectivity index (χ0n) is 14.9. The Balaban J connectivity index is 2.22. The lowest BCUT2D eigenvalue weighted by Gasteiger charge is -2.27. The molecule has 6 nitrogen and oxygen atoms in total. The van der Waals surface area contributed by atoms with Gasteiger partial charge in [0.1, 0.15) is 23.2 Å². The molecule has 1 atom stereocenters. The highest BCUT2D eigenvalue weighted by Gasteiger charge is 2.38. The summed E-state index contributed by atoms with van der Waals surface area (Å²) in [5.74, 6) is -0.259. The van der Waals surface area contributed by atoms with Crippen molar-refractivity contribution in [2.24, 2.45) is 5.73 Å². The minimum atomic E-state index is -0.647. The average molecular weight is 382 g/mol. The van der Waals surface area contributed by atoms with Gasteiger partial charge in [0.25, 0.3) is 0 Å². The van der Waals surface area contributed by atoms with E-state index in [0.717, 1.165) is 5.56 Å². The van der Waals surface area contributed by atoms with Gasteiger partial charge in [0.2, 0.25) is 5.88 Å². The molecule has 0 aliphatic carbocycles. The number of nitrogens with two attached hydrogens (primary N) is 1. The Bertz CT molecular complexity index is 937. The van der Waals surface area contributed by atoms with Crippen molar-refractivity contribution in [2.45, 2.75) is 12.8 Å². The highest BCUT2D eigenvalue weighted by molar-refractivity contribution is 7.08. The first kappa shape index (κ1) is 18.5. The SMILES string of the molecule is CCOC(=O)C1=C(c2ccc(OC)cc2)OC(N)=C(C#N)C1c1ccsc1. The number of carbonyl (C=O) groups excluding carboxylic acids is 1. The number of methoxy groups -OCH3 is 1. The molecule has 0 bridgehead atoms. The van der Waals surface area contributed by atoms with Crippen LogP contribution in [0, 0.1) is 11.3 Å². The average Bonchev–Trinajstić information content (AvgIpc) is 3.21. The summed E-state index contributed by atoms with van der Waals surface area (Å²) in [7, 11) is 1.57. The van der Waals surface area contributed by atoms with E-state index in [0.29, 0.717) is 11.3 Å². The number of rotatable bonds is 5. The van der Waals surface area contributed by atoms with Crippen molar-refractivity contribution >= 4 is 23.1 Å². The normalized spacial score (nSPS) is 16.6. The van der Waals surface area contributed by atoms with Crippen LogP contribution in [0.1, 0.15) is 24.0 Å². The fraction of sp³-hybridized carbons (Fsp3) is 0.200. The summed E-state index contributed by atoms with van der Waals surface area (Å²) < 4.78 is 16.2. The molecular weight excluding hydrogens is 364 g/mol. The monoisotopic (exact) mass is 382 g/mol. The van der Waals surface area contributed by atoms with Crippen molar-refractivity contribution < 1.29 is 19.0 Å². The lowest BCUT2D eigenvalue weighted by atomic mass is 9.83. The van der Waals surface area contributed by atoms with Crippen LogP contribution in [0.5, 0.6) is 5.75 Å². The van der Waals surface area contributed by atoms with Crippen molar-refractivity contribution in [3.05, 3.63) is 69.2 Å². The molecule has 27 heavy (non-hydrogen) atoms. The molecule has 0 fully saturated rings. The van der Waals surface area contributed by atoms with Gasteiger partial charge >= 0.3 is 5.97 Å². The first-order chi connectivity index (χ1) is 13.1. The van der Waals surface area contributed by atoms with Crippen LogP contribution in [0.2, 0.25) is 0 Å². The van der Waals surface area contributed by atoms with Gasteiger partial charge < -0.3 is 19.9 Å². The Labute approximate surface area is 161 Å². The maximum absolute atomic E-state index is 12.8. The minimum Gasteiger partial charge on any atom is -0.497 e. The van der Waals surface area contributed by atoms with Crippen LogP contribution in [0.25, 0.3) is 5.76 Å². The van der Waals surface area contributed by atoms with E-state index in [2.05, 4.69) is 6.07 Å². The molecule has 0 saturated carbocycles. The Hall–Kier alpha value is -3.24. The molecule has 138 valence electrons. The Morgan fingerprint density at radius 1 is 1.33 bits per heavy atom. The summed E-state index contributed by atoms with van der Waals surface area (Å²) in [5, 5.41) is 13.4. The smallest absolute Gasteiger partial charge is 0.338 e. The summed E-state index contributed by atoms with van der Waals surface area (Å²) in [6.07, 6.45) is 0. The highest BCUT2D eigenvalue weighted by atomic mass is 32.1. The Kier molecular flexibility index (Phi) is 5.48. The van der Waals surface area contributed by atoms with E-state index >= 15 is 0 Å². The van der Waals surface area contributed by atoms with Crippen molar-refractivity contribution in [2.75, 3.05) is 13.7 Å². The predicted molar refractivity (Wildman–Crippen MR) is 102 cm³/mol. The van der Waals surface area contributed by atoms with Gasteiger partial charge in [-0.3, -0.25) is 0 Å². The third kappa shape index (κ3) is 3.52. The van der Waals surface area contributed by atoms with Crippen molar-refractivity contribution in [1.82, 2.24) is 0 Å². The number of hydrogen-bond donors (Lipinski definition) is 1. The molecule has 0 saturated heterocycles. The van der Waals surface area contributed by atoms with Gasteiger partial charge in [0.15, 0.2) is 0 Å². The van der Waals surface area contributed by atoms with E-state index in [9.17, 15) is 10.1 Å². The van der Waals surface area contributed by atoms with E-state index in [-0.39, 0.29) is 29.4 Å². The van der Waals surface area contributed by atoms with E-state index in [1.54, 1.807) is 38.3 Å². The van der Waals surface area contributed by atoms with Crippen LogP contribution in [-0.4, -0.2) is 19.7 Å². The van der Waals surface area contributed by atoms with E-state index in [1.165, 1.54) is 11.3 Å². The lowest BCUT2D eigenvalue weighted by molar-refractivity contribution is -0.138. The fourth-order valence-electron chi connectivity index (χ4n) is 2.91. The van der Waals surface area contributed by atoms with Gasteiger partial charge in [-0.2, -0.15) is 16.6 Å². The molecular formula is C20H18N2O4S. The molecule has 1 aromatic carbocycles. The maximum Gasteiger partial charge on any atom is 0.338 e. The maximum atomic E-state index is 12.8. The molecule has 2 N–H and O–H groups in total. The first-order valence-corrected chi connectivity index (χ1v) is 9.20. The summed E-state index contributed by atoms with van der Waals surface area (Å²) in [5.41, 5.74) is 7.90. The number of allylic oxidation sites excluding steroid dienone is 1. The van der Waals surface area contributed by atoms with Gasteiger partial charge in [-0.15, -0.1) is 0 Å². The number of benzene rings is 1. The minimum absolute atomic E-state index is 0.0208. The van der Waals surface area contributed by atoms with E-state index < -0.39 is 11.9 Å². The quantitative estimate of drug-likeness (QED) is 0.795. The second kappa shape index (κ2) is 7.98. The molecule has 7 heteroatoms. The molecule has 0 amide bonds. The molecule has 1 aliphatic rings. The van der Waals surface area contributed by atoms with Gasteiger partial charge in [-0.25, -0.2) is 4.79 Å². The largest absolute Gasteiger partial charge is 0.497 e. The van der Waals surface area contributed by atoms with Crippen LogP contribution in [0.3, 0.4) is 0 Å². The molecule has 1 unspecified atom stereocenters. The topological polar surface area (TPSA) is 94.6 Å². The van der Waals surface area contributed by atoms with Crippen LogP contribution < -0.4 is 10.5 Å². The number of carbonyl (C=O) groups is 1. The predicted octanol–water partition coefficient (Wildman–Crippen LogP) is 3.54. The van der Waals surface area contributed by atoms with Gasteiger partial charge in [-0.1, -0.05) is 0 Å². The molecule has 2 heterocycles. The highest BCUT2D eigenvalue weighted by Crippen LogP contribution is 2.43. The zero-order chi connectivity index (χ0) is 19.4. The molecule has 0 radical (unpaired) electrons. The van der Waals surface area contributed by atoms with Crippen LogP contribution in [-0.2, 0) is 14.3 Å². The van der Waals surface area contributed by atoms with Gasteiger partial charge in [0.05, 0.1) is 25.2 Å². The van der Waals surface area contributed by atoms with Crippen molar-refractivity contribution in [1.29, 1.82) is 5.26 Å². The first-order valence-electron chi connectivity index (χ1n) is 8.26. The zero-order valence-corrected chi connectivity index (χ0v) is 15.7. The summed E-state index contributed by atoms with van der Waals surface area (Å²) in [6.45, 7) is 1.93. The summed E-state index contributed by atoms with van der Waals surface area (Å²) in [6, 6.07) is 11.0. The second-order valence-corrected chi connectivity index (χ2v) is 6.45. The number of thiophene rings is 1. The fourth-order valence-corrected chi connectivity index (χ4v) is 3.59. The van der Waals surface area contributed by atoms with Crippen molar-refractivity contribution in [3.63, 3.8) is 0 Å². The lowest BCUT2D eigenvalue weighted by Crippen LogP contribution is -2.25. The standard InChI is InChI=1S/C20H18N2O4S/c1-3-25-20(23)17-16(13-8-9-27-11-13)15(10-21)19(22)26-18(17)12-4-6-14(24-2)7-5-12/h4-9,11,16H,3,22H2,1-2H3. The third-order valence-corrected chi connectivity index (χ3v) is 4.85. The van der Waals surface area contributed by atoms with E-state index in [4.69, 9.17) is 19.9 Å². The molecule has 1 aromatic heterocycles. The van der Waals surface area contributed by atoms with Gasteiger partial charge in [-0.05, 0) is 53.6 Å². The van der Waals surface area contributed by atoms with Crippen LogP contribution in [0.15, 0.2) is 58.1 Å². The molecule has 0 spiro atoms. The number of nitriles is 1. The summed E-state index contributed by atoms with van der Waals surface area (Å²) in [4.78, 5) is 12.8. The van der Waals surface area contributed by atoms with Crippen molar-refractivity contribution in [3.8, 4) is 11.8 Å². The van der Waals surface area contributed by atoms with Crippen LogP contribution in [0.4, 0.5) is 0 Å². The number of hydrogen-bond acceptors (Lipinski definition) is 7. The Morgan fingerprint density at radius 2 is 2.07 bits per heavy atom. The van der Waals surface area contributed by atoms with Crippen LogP contribution >= 0.6 is 11.3 Å². The van der Waals surface area contributed by atoms with Gasteiger partial charge in [0, 0.05) is 5.56 Å². The number of ether oxygens (including phenoxy) is 3. The molecule has 1 aliphatic heterocycles. The number of nitrogens with zero attached hydrogens (tertiary/aromatic N) is 1. The Morgan fingerprint density at radius 3 is 2.63 bits per heavy atom. The molecule has 2 aromatic rings.